The minimum Gasteiger partial charge on any atom is -0.497 e. The summed E-state index contributed by atoms with van der Waals surface area (Å²) in [6, 6.07) is 16.9. The number of aromatic nitrogens is 4. The Hall–Kier alpha value is -3.46. The molecule has 1 N–H and O–H groups in total. The third-order valence-corrected chi connectivity index (χ3v) is 5.30. The number of fused-ring (bicyclic) bond motifs is 1. The van der Waals surface area contributed by atoms with E-state index in [9.17, 15) is 8.42 Å². The molecule has 0 radical (unpaired) electrons. The van der Waals surface area contributed by atoms with E-state index in [1.54, 1.807) is 47.0 Å². The molecular formula is C18H15N5O3S. The van der Waals surface area contributed by atoms with Crippen molar-refractivity contribution in [2.24, 2.45) is 0 Å². The van der Waals surface area contributed by atoms with Crippen LogP contribution in [0.5, 0.6) is 5.75 Å². The molecule has 2 heterocycles. The Morgan fingerprint density at radius 2 is 1.89 bits per heavy atom. The molecular weight excluding hydrogens is 366 g/mol. The van der Waals surface area contributed by atoms with Gasteiger partial charge < -0.3 is 4.74 Å². The van der Waals surface area contributed by atoms with Gasteiger partial charge in [-0.2, -0.15) is 9.61 Å². The molecule has 2 aromatic carbocycles. The zero-order chi connectivity index (χ0) is 18.9. The molecule has 4 rings (SSSR count). The Balaban J connectivity index is 1.65. The number of hydrogen-bond donors (Lipinski definition) is 1. The molecule has 0 unspecified atom stereocenters. The van der Waals surface area contributed by atoms with Crippen LogP contribution in [0, 0.1) is 0 Å². The third kappa shape index (κ3) is 3.44. The van der Waals surface area contributed by atoms with E-state index < -0.39 is 10.0 Å². The molecule has 2 aromatic heterocycles. The second kappa shape index (κ2) is 6.69. The van der Waals surface area contributed by atoms with Crippen molar-refractivity contribution in [1.82, 2.24) is 19.8 Å². The molecule has 0 fully saturated rings. The monoisotopic (exact) mass is 381 g/mol. The molecule has 0 aliphatic heterocycles. The summed E-state index contributed by atoms with van der Waals surface area (Å²) >= 11 is 0. The number of rotatable bonds is 5. The molecule has 0 saturated heterocycles. The lowest BCUT2D eigenvalue weighted by molar-refractivity contribution is 0.413. The predicted molar refractivity (Wildman–Crippen MR) is 100 cm³/mol. The first-order valence-corrected chi connectivity index (χ1v) is 9.48. The van der Waals surface area contributed by atoms with Crippen LogP contribution in [0.2, 0.25) is 0 Å². The normalized spacial score (nSPS) is 11.4. The van der Waals surface area contributed by atoms with Gasteiger partial charge in [-0.15, -0.1) is 10.2 Å². The van der Waals surface area contributed by atoms with Crippen LogP contribution in [-0.4, -0.2) is 35.3 Å². The summed E-state index contributed by atoms with van der Waals surface area (Å²) in [5.41, 5.74) is 2.50. The van der Waals surface area contributed by atoms with Crippen LogP contribution in [0.25, 0.3) is 16.9 Å². The van der Waals surface area contributed by atoms with Gasteiger partial charge in [0.2, 0.25) is 0 Å². The van der Waals surface area contributed by atoms with E-state index in [-0.39, 0.29) is 4.90 Å². The molecule has 0 amide bonds. The quantitative estimate of drug-likeness (QED) is 0.571. The van der Waals surface area contributed by atoms with Crippen molar-refractivity contribution < 1.29 is 13.2 Å². The first kappa shape index (κ1) is 17.0. The third-order valence-electron chi connectivity index (χ3n) is 3.92. The van der Waals surface area contributed by atoms with Gasteiger partial charge >= 0.3 is 0 Å². The Bertz CT molecular complexity index is 1220. The first-order valence-electron chi connectivity index (χ1n) is 7.99. The standard InChI is InChI=1S/C18H15N5O3S/c1-26-15-6-3-7-16(11-15)27(24,25)22-14-5-2-4-13(10-14)17-8-9-18-20-19-12-23(18)21-17/h2-12,22H,1H3. The van der Waals surface area contributed by atoms with Gasteiger partial charge in [-0.1, -0.05) is 18.2 Å². The van der Waals surface area contributed by atoms with Gasteiger partial charge in [-0.05, 0) is 36.4 Å². The van der Waals surface area contributed by atoms with Crippen LogP contribution in [-0.2, 0) is 10.0 Å². The second-order valence-corrected chi connectivity index (χ2v) is 7.40. The van der Waals surface area contributed by atoms with Crippen LogP contribution in [0.4, 0.5) is 5.69 Å². The van der Waals surface area contributed by atoms with E-state index >= 15 is 0 Å². The predicted octanol–water partition coefficient (Wildman–Crippen LogP) is 2.60. The summed E-state index contributed by atoms with van der Waals surface area (Å²) in [5.74, 6) is 0.470. The molecule has 0 saturated carbocycles. The molecule has 0 aliphatic carbocycles. The van der Waals surface area contributed by atoms with Crippen LogP contribution in [0.1, 0.15) is 0 Å². The van der Waals surface area contributed by atoms with Gasteiger partial charge in [-0.25, -0.2) is 8.42 Å². The highest BCUT2D eigenvalue weighted by molar-refractivity contribution is 7.92. The molecule has 0 aliphatic rings. The van der Waals surface area contributed by atoms with Gasteiger partial charge in [0.25, 0.3) is 10.0 Å². The van der Waals surface area contributed by atoms with Crippen LogP contribution >= 0.6 is 0 Å². The van der Waals surface area contributed by atoms with Crippen molar-refractivity contribution in [2.45, 2.75) is 4.90 Å². The highest BCUT2D eigenvalue weighted by atomic mass is 32.2. The number of nitrogens with one attached hydrogen (secondary N) is 1. The highest BCUT2D eigenvalue weighted by Gasteiger charge is 2.15. The van der Waals surface area contributed by atoms with Crippen molar-refractivity contribution in [1.29, 1.82) is 0 Å². The van der Waals surface area contributed by atoms with Crippen molar-refractivity contribution in [3.8, 4) is 17.0 Å². The van der Waals surface area contributed by atoms with Crippen LogP contribution in [0.3, 0.4) is 0 Å². The number of sulfonamides is 1. The molecule has 136 valence electrons. The zero-order valence-corrected chi connectivity index (χ0v) is 15.1. The average Bonchev–Trinajstić information content (AvgIpc) is 3.16. The largest absolute Gasteiger partial charge is 0.497 e. The molecule has 0 bridgehead atoms. The van der Waals surface area contributed by atoms with Crippen molar-refractivity contribution in [3.63, 3.8) is 0 Å². The fourth-order valence-corrected chi connectivity index (χ4v) is 3.69. The highest BCUT2D eigenvalue weighted by Crippen LogP contribution is 2.24. The van der Waals surface area contributed by atoms with E-state index in [1.165, 1.54) is 25.6 Å². The Labute approximate surface area is 155 Å². The molecule has 0 spiro atoms. The Morgan fingerprint density at radius 3 is 2.74 bits per heavy atom. The molecule has 27 heavy (non-hydrogen) atoms. The van der Waals surface area contributed by atoms with Crippen molar-refractivity contribution >= 4 is 21.4 Å². The molecule has 0 atom stereocenters. The Morgan fingerprint density at radius 1 is 1.04 bits per heavy atom. The number of benzene rings is 2. The SMILES string of the molecule is COc1cccc(S(=O)(=O)Nc2cccc(-c3ccc4nncn4n3)c2)c1. The summed E-state index contributed by atoms with van der Waals surface area (Å²) in [5, 5.41) is 12.1. The molecule has 4 aromatic rings. The van der Waals surface area contributed by atoms with E-state index in [0.717, 1.165) is 5.56 Å². The number of hydrogen-bond acceptors (Lipinski definition) is 6. The van der Waals surface area contributed by atoms with Gasteiger partial charge in [0.05, 0.1) is 17.7 Å². The molecule has 9 heteroatoms. The van der Waals surface area contributed by atoms with E-state index in [4.69, 9.17) is 4.74 Å². The maximum Gasteiger partial charge on any atom is 0.262 e. The number of anilines is 1. The zero-order valence-electron chi connectivity index (χ0n) is 14.3. The van der Waals surface area contributed by atoms with E-state index in [0.29, 0.717) is 22.8 Å². The number of methoxy groups -OCH3 is 1. The summed E-state index contributed by atoms with van der Waals surface area (Å²) in [6.45, 7) is 0. The summed E-state index contributed by atoms with van der Waals surface area (Å²) in [7, 11) is -2.26. The maximum absolute atomic E-state index is 12.7. The van der Waals surface area contributed by atoms with Crippen molar-refractivity contribution in [3.05, 3.63) is 67.0 Å². The lowest BCUT2D eigenvalue weighted by Crippen LogP contribution is -2.13. The van der Waals surface area contributed by atoms with Crippen molar-refractivity contribution in [2.75, 3.05) is 11.8 Å². The van der Waals surface area contributed by atoms with E-state index in [2.05, 4.69) is 20.0 Å². The minimum atomic E-state index is -3.75. The summed E-state index contributed by atoms with van der Waals surface area (Å²) in [6.07, 6.45) is 1.51. The van der Waals surface area contributed by atoms with E-state index in [1.807, 2.05) is 6.07 Å². The average molecular weight is 381 g/mol. The van der Waals surface area contributed by atoms with Gasteiger partial charge in [-0.3, -0.25) is 4.72 Å². The Kier molecular flexibility index (Phi) is 4.21. The fourth-order valence-electron chi connectivity index (χ4n) is 2.61. The van der Waals surface area contributed by atoms with Crippen LogP contribution < -0.4 is 9.46 Å². The second-order valence-electron chi connectivity index (χ2n) is 5.72. The van der Waals surface area contributed by atoms with Gasteiger partial charge in [0, 0.05) is 17.3 Å². The first-order chi connectivity index (χ1) is 13.0. The number of ether oxygens (including phenoxy) is 1. The fraction of sp³-hybridized carbons (Fsp3) is 0.0556. The summed E-state index contributed by atoms with van der Waals surface area (Å²) < 4.78 is 34.5. The minimum absolute atomic E-state index is 0.122. The van der Waals surface area contributed by atoms with Crippen LogP contribution in [0.15, 0.2) is 71.9 Å². The smallest absolute Gasteiger partial charge is 0.262 e. The van der Waals surface area contributed by atoms with Gasteiger partial charge in [0.1, 0.15) is 12.1 Å². The lowest BCUT2D eigenvalue weighted by Gasteiger charge is -2.10. The topological polar surface area (TPSA) is 98.5 Å². The molecule has 8 nitrogen and oxygen atoms in total. The maximum atomic E-state index is 12.7. The van der Waals surface area contributed by atoms with Gasteiger partial charge in [0.15, 0.2) is 5.65 Å². The number of nitrogens with zero attached hydrogens (tertiary/aromatic N) is 4. The lowest BCUT2D eigenvalue weighted by atomic mass is 10.1. The summed E-state index contributed by atoms with van der Waals surface area (Å²) in [4.78, 5) is 0.122.